The van der Waals surface area contributed by atoms with Gasteiger partial charge in [0.25, 0.3) is 0 Å². The molecule has 0 amide bonds. The van der Waals surface area contributed by atoms with Crippen LogP contribution < -0.4 is 0 Å². The van der Waals surface area contributed by atoms with Crippen molar-refractivity contribution >= 4 is 11.8 Å². The summed E-state index contributed by atoms with van der Waals surface area (Å²) in [6.45, 7) is 8.72. The molecule has 0 spiro atoms. The first-order chi connectivity index (χ1) is 12.0. The number of esters is 1. The number of cyclic esters (lactones) is 1. The van der Waals surface area contributed by atoms with E-state index in [1.165, 1.54) is 12.2 Å². The second kappa shape index (κ2) is 7.76. The van der Waals surface area contributed by atoms with Crippen molar-refractivity contribution in [3.63, 3.8) is 0 Å². The van der Waals surface area contributed by atoms with E-state index in [1.807, 2.05) is 6.92 Å². The number of carbonyl (C=O) groups excluding carboxylic acids is 2. The van der Waals surface area contributed by atoms with Crippen molar-refractivity contribution in [3.8, 4) is 0 Å². The number of hydrogen-bond donors (Lipinski definition) is 2. The van der Waals surface area contributed by atoms with Gasteiger partial charge in [0, 0.05) is 30.9 Å². The van der Waals surface area contributed by atoms with E-state index in [2.05, 4.69) is 0 Å². The van der Waals surface area contributed by atoms with Crippen molar-refractivity contribution < 1.29 is 29.3 Å². The Kier molecular flexibility index (Phi) is 6.09. The van der Waals surface area contributed by atoms with Crippen molar-refractivity contribution in [1.29, 1.82) is 0 Å². The lowest BCUT2D eigenvalue weighted by atomic mass is 9.93. The van der Waals surface area contributed by atoms with E-state index in [4.69, 9.17) is 9.47 Å². The summed E-state index contributed by atoms with van der Waals surface area (Å²) >= 11 is 0. The summed E-state index contributed by atoms with van der Waals surface area (Å²) in [7, 11) is 0. The Morgan fingerprint density at radius 1 is 1.35 bits per heavy atom. The van der Waals surface area contributed by atoms with Gasteiger partial charge in [-0.1, -0.05) is 12.5 Å². The Bertz CT molecular complexity index is 670. The molecule has 2 N–H and O–H groups in total. The number of aliphatic hydroxyl groups excluding tert-OH is 2. The Balaban J connectivity index is 1.96. The average molecular weight is 364 g/mol. The molecule has 0 saturated heterocycles. The lowest BCUT2D eigenvalue weighted by molar-refractivity contribution is -0.142. The molecule has 144 valence electrons. The first-order valence-electron chi connectivity index (χ1n) is 8.87. The lowest BCUT2D eigenvalue weighted by Crippen LogP contribution is -2.30. The van der Waals surface area contributed by atoms with Gasteiger partial charge in [0.2, 0.25) is 5.78 Å². The van der Waals surface area contributed by atoms with Gasteiger partial charge < -0.3 is 19.7 Å². The number of ether oxygens (including phenoxy) is 2. The van der Waals surface area contributed by atoms with E-state index in [-0.39, 0.29) is 18.2 Å². The highest BCUT2D eigenvalue weighted by Crippen LogP contribution is 2.31. The van der Waals surface area contributed by atoms with Crippen LogP contribution in [-0.2, 0) is 19.1 Å². The summed E-state index contributed by atoms with van der Waals surface area (Å²) < 4.78 is 10.8. The zero-order valence-corrected chi connectivity index (χ0v) is 16.0. The molecule has 2 heterocycles. The van der Waals surface area contributed by atoms with Gasteiger partial charge in [0.1, 0.15) is 11.9 Å². The molecule has 6 nitrogen and oxygen atoms in total. The fraction of sp³-hybridized carbons (Fsp3) is 0.600. The SMILES string of the molecule is CC1=CC(=O)O[C@H](C=C(C)[C@H](O)C[C@@H](O)[C@H](C)C2=CC(=O)C(C)(C)O2)C1. The maximum Gasteiger partial charge on any atom is 0.331 e. The number of aliphatic hydroxyl groups is 2. The van der Waals surface area contributed by atoms with Crippen LogP contribution in [-0.4, -0.2) is 45.9 Å². The number of carbonyl (C=O) groups is 2. The molecule has 2 aliphatic heterocycles. The molecule has 0 aromatic heterocycles. The monoisotopic (exact) mass is 364 g/mol. The smallest absolute Gasteiger partial charge is 0.331 e. The highest BCUT2D eigenvalue weighted by Gasteiger charge is 2.38. The van der Waals surface area contributed by atoms with E-state index in [0.717, 1.165) is 5.57 Å². The van der Waals surface area contributed by atoms with Gasteiger partial charge in [-0.3, -0.25) is 4.79 Å². The maximum absolute atomic E-state index is 11.9. The normalized spacial score (nSPS) is 26.4. The Morgan fingerprint density at radius 3 is 2.54 bits per heavy atom. The molecule has 26 heavy (non-hydrogen) atoms. The molecule has 0 fully saturated rings. The predicted octanol–water partition coefficient (Wildman–Crippen LogP) is 2.20. The maximum atomic E-state index is 11.9. The van der Waals surface area contributed by atoms with E-state index < -0.39 is 29.8 Å². The number of rotatable bonds is 6. The number of hydrogen-bond acceptors (Lipinski definition) is 6. The summed E-state index contributed by atoms with van der Waals surface area (Å²) in [5.74, 6) is -0.501. The van der Waals surface area contributed by atoms with Crippen LogP contribution in [0.5, 0.6) is 0 Å². The van der Waals surface area contributed by atoms with Crippen molar-refractivity contribution in [2.45, 2.75) is 71.4 Å². The van der Waals surface area contributed by atoms with Gasteiger partial charge in [0.15, 0.2) is 5.60 Å². The minimum atomic E-state index is -0.909. The second-order valence-corrected chi connectivity index (χ2v) is 7.71. The molecule has 0 aromatic rings. The molecule has 0 radical (unpaired) electrons. The van der Waals surface area contributed by atoms with Gasteiger partial charge in [-0.15, -0.1) is 0 Å². The molecular formula is C20H28O6. The van der Waals surface area contributed by atoms with Crippen molar-refractivity contribution in [1.82, 2.24) is 0 Å². The fourth-order valence-electron chi connectivity index (χ4n) is 3.01. The molecule has 2 aliphatic rings. The molecule has 4 atom stereocenters. The number of ketones is 1. The summed E-state index contributed by atoms with van der Waals surface area (Å²) in [5, 5.41) is 20.8. The topological polar surface area (TPSA) is 93.1 Å². The van der Waals surface area contributed by atoms with E-state index in [9.17, 15) is 19.8 Å². The van der Waals surface area contributed by atoms with Gasteiger partial charge in [0.05, 0.1) is 12.2 Å². The zero-order chi connectivity index (χ0) is 19.6. The van der Waals surface area contributed by atoms with Crippen LogP contribution in [0.4, 0.5) is 0 Å². The van der Waals surface area contributed by atoms with Crippen molar-refractivity contribution in [2.24, 2.45) is 5.92 Å². The first-order valence-corrected chi connectivity index (χ1v) is 8.87. The molecule has 0 aromatic carbocycles. The molecule has 0 saturated carbocycles. The lowest BCUT2D eigenvalue weighted by Gasteiger charge is -2.26. The molecule has 0 bridgehead atoms. The minimum Gasteiger partial charge on any atom is -0.484 e. The van der Waals surface area contributed by atoms with Crippen LogP contribution in [0.1, 0.15) is 47.5 Å². The van der Waals surface area contributed by atoms with Gasteiger partial charge in [-0.25, -0.2) is 4.79 Å². The second-order valence-electron chi connectivity index (χ2n) is 7.71. The van der Waals surface area contributed by atoms with E-state index >= 15 is 0 Å². The summed E-state index contributed by atoms with van der Waals surface area (Å²) in [6.07, 6.45) is 3.10. The van der Waals surface area contributed by atoms with Crippen LogP contribution in [0.25, 0.3) is 0 Å². The predicted molar refractivity (Wildman–Crippen MR) is 96.1 cm³/mol. The van der Waals surface area contributed by atoms with Gasteiger partial charge >= 0.3 is 5.97 Å². The summed E-state index contributed by atoms with van der Waals surface area (Å²) in [6, 6.07) is 0. The zero-order valence-electron chi connectivity index (χ0n) is 16.0. The third kappa shape index (κ3) is 4.83. The molecule has 0 aliphatic carbocycles. The van der Waals surface area contributed by atoms with Crippen LogP contribution in [0, 0.1) is 5.92 Å². The van der Waals surface area contributed by atoms with Crippen LogP contribution >= 0.6 is 0 Å². The third-order valence-corrected chi connectivity index (χ3v) is 4.86. The van der Waals surface area contributed by atoms with E-state index in [1.54, 1.807) is 33.8 Å². The Morgan fingerprint density at radius 2 is 2.00 bits per heavy atom. The highest BCUT2D eigenvalue weighted by atomic mass is 16.5. The van der Waals surface area contributed by atoms with Gasteiger partial charge in [-0.2, -0.15) is 0 Å². The molecule has 2 rings (SSSR count). The van der Waals surface area contributed by atoms with Crippen LogP contribution in [0.15, 0.2) is 35.1 Å². The van der Waals surface area contributed by atoms with Crippen molar-refractivity contribution in [2.75, 3.05) is 0 Å². The van der Waals surface area contributed by atoms with Gasteiger partial charge in [-0.05, 0) is 39.3 Å². The standard InChI is InChI=1S/C20H28O6/c1-11-6-14(25-19(24)7-11)8-12(2)15(21)9-16(22)13(3)17-10-18(23)20(4,5)26-17/h7-8,10,13-16,21-22H,6,9H2,1-5H3/t13-,14-,15+,16+/m0/s1. The first kappa shape index (κ1) is 20.4. The van der Waals surface area contributed by atoms with Crippen LogP contribution in [0.3, 0.4) is 0 Å². The summed E-state index contributed by atoms with van der Waals surface area (Å²) in [4.78, 5) is 23.3. The molecular weight excluding hydrogens is 336 g/mol. The quantitative estimate of drug-likeness (QED) is 0.554. The molecule has 0 unspecified atom stereocenters. The minimum absolute atomic E-state index is 0.0916. The average Bonchev–Trinajstić information content (AvgIpc) is 2.78. The Labute approximate surface area is 154 Å². The fourth-order valence-corrected chi connectivity index (χ4v) is 3.01. The van der Waals surface area contributed by atoms with Crippen molar-refractivity contribution in [3.05, 3.63) is 35.1 Å². The Hall–Kier alpha value is -1.92. The summed E-state index contributed by atoms with van der Waals surface area (Å²) in [5.41, 5.74) is 0.645. The third-order valence-electron chi connectivity index (χ3n) is 4.86. The van der Waals surface area contributed by atoms with Crippen LogP contribution in [0.2, 0.25) is 0 Å². The van der Waals surface area contributed by atoms with E-state index in [0.29, 0.717) is 17.8 Å². The molecule has 6 heteroatoms. The highest BCUT2D eigenvalue weighted by molar-refractivity contribution is 5.98. The largest absolute Gasteiger partial charge is 0.484 e.